The van der Waals surface area contributed by atoms with Crippen molar-refractivity contribution in [2.45, 2.75) is 32.6 Å². The highest BCUT2D eigenvalue weighted by Crippen LogP contribution is 2.37. The number of hydrogen-bond acceptors (Lipinski definition) is 2. The maximum atomic E-state index is 11.9. The summed E-state index contributed by atoms with van der Waals surface area (Å²) >= 11 is 3.41. The lowest BCUT2D eigenvalue weighted by Crippen LogP contribution is -2.42. The number of halogens is 1. The van der Waals surface area contributed by atoms with Crippen LogP contribution in [0.3, 0.4) is 0 Å². The molecule has 1 saturated carbocycles. The van der Waals surface area contributed by atoms with Crippen molar-refractivity contribution < 1.29 is 14.7 Å². The second-order valence-electron chi connectivity index (χ2n) is 5.56. The molecule has 1 aromatic rings. The van der Waals surface area contributed by atoms with Gasteiger partial charge in [0.25, 0.3) is 0 Å². The van der Waals surface area contributed by atoms with Crippen LogP contribution in [0.2, 0.25) is 0 Å². The number of aryl methyl sites for hydroxylation is 1. The smallest absolute Gasteiger partial charge is 0.319 e. The van der Waals surface area contributed by atoms with Crippen LogP contribution in [0.1, 0.15) is 31.2 Å². The third kappa shape index (κ3) is 3.75. The van der Waals surface area contributed by atoms with Gasteiger partial charge in [-0.2, -0.15) is 0 Å². The number of carboxylic acids is 1. The number of urea groups is 1. The topological polar surface area (TPSA) is 78.4 Å². The Morgan fingerprint density at radius 1 is 1.33 bits per heavy atom. The minimum atomic E-state index is -0.821. The van der Waals surface area contributed by atoms with Gasteiger partial charge >= 0.3 is 12.0 Å². The lowest BCUT2D eigenvalue weighted by Gasteiger charge is -2.24. The third-order valence-corrected chi connectivity index (χ3v) is 4.89. The Morgan fingerprint density at radius 2 is 2.00 bits per heavy atom. The van der Waals surface area contributed by atoms with Crippen molar-refractivity contribution >= 4 is 33.6 Å². The Bertz CT molecular complexity index is 554. The van der Waals surface area contributed by atoms with Crippen molar-refractivity contribution in [1.82, 2.24) is 5.32 Å². The van der Waals surface area contributed by atoms with E-state index in [1.54, 1.807) is 0 Å². The van der Waals surface area contributed by atoms with Gasteiger partial charge < -0.3 is 15.7 Å². The Kier molecular flexibility index (Phi) is 4.88. The molecule has 3 N–H and O–H groups in total. The van der Waals surface area contributed by atoms with Gasteiger partial charge in [0.05, 0.1) is 5.41 Å². The summed E-state index contributed by atoms with van der Waals surface area (Å²) < 4.78 is 0.915. The standard InChI is InChI=1S/C15H19BrN2O3/c1-10-4-5-11(8-12(10)16)18-14(21)17-9-15(13(19)20)6-2-3-7-15/h4-5,8H,2-3,6-7,9H2,1H3,(H,19,20)(H2,17,18,21). The summed E-state index contributed by atoms with van der Waals surface area (Å²) in [4.78, 5) is 23.3. The van der Waals surface area contributed by atoms with E-state index in [2.05, 4.69) is 26.6 Å². The second kappa shape index (κ2) is 6.47. The second-order valence-corrected chi connectivity index (χ2v) is 6.42. The fourth-order valence-corrected chi connectivity index (χ4v) is 2.99. The lowest BCUT2D eigenvalue weighted by atomic mass is 9.86. The predicted octanol–water partition coefficient (Wildman–Crippen LogP) is 3.52. The summed E-state index contributed by atoms with van der Waals surface area (Å²) in [6.45, 7) is 2.13. The molecular weight excluding hydrogens is 336 g/mol. The average molecular weight is 355 g/mol. The molecule has 0 bridgehead atoms. The zero-order valence-electron chi connectivity index (χ0n) is 11.9. The highest BCUT2D eigenvalue weighted by atomic mass is 79.9. The summed E-state index contributed by atoms with van der Waals surface area (Å²) in [5, 5.41) is 14.8. The summed E-state index contributed by atoms with van der Waals surface area (Å²) in [6, 6.07) is 5.15. The molecule has 0 aromatic heterocycles. The molecule has 0 unspecified atom stereocenters. The molecule has 2 rings (SSSR count). The van der Waals surface area contributed by atoms with E-state index in [1.165, 1.54) is 0 Å². The molecule has 6 heteroatoms. The van der Waals surface area contributed by atoms with Gasteiger partial charge in [-0.25, -0.2) is 4.79 Å². The molecule has 0 spiro atoms. The molecule has 1 aromatic carbocycles. The van der Waals surface area contributed by atoms with E-state index in [4.69, 9.17) is 0 Å². The van der Waals surface area contributed by atoms with Crippen molar-refractivity contribution in [2.24, 2.45) is 5.41 Å². The van der Waals surface area contributed by atoms with Crippen LogP contribution in [0.25, 0.3) is 0 Å². The normalized spacial score (nSPS) is 16.5. The maximum absolute atomic E-state index is 11.9. The van der Waals surface area contributed by atoms with E-state index in [-0.39, 0.29) is 12.6 Å². The molecule has 0 radical (unpaired) electrons. The predicted molar refractivity (Wildman–Crippen MR) is 84.4 cm³/mol. The first-order chi connectivity index (χ1) is 9.93. The minimum Gasteiger partial charge on any atom is -0.481 e. The molecule has 114 valence electrons. The Morgan fingerprint density at radius 3 is 2.57 bits per heavy atom. The molecule has 1 aliphatic carbocycles. The third-order valence-electron chi connectivity index (χ3n) is 4.03. The monoisotopic (exact) mass is 354 g/mol. The van der Waals surface area contributed by atoms with Crippen LogP contribution >= 0.6 is 15.9 Å². The van der Waals surface area contributed by atoms with Crippen molar-refractivity contribution in [2.75, 3.05) is 11.9 Å². The summed E-state index contributed by atoms with van der Waals surface area (Å²) in [5.41, 5.74) is 0.947. The van der Waals surface area contributed by atoms with Gasteiger partial charge in [0, 0.05) is 16.7 Å². The number of hydrogen-bond donors (Lipinski definition) is 3. The number of carboxylic acid groups (broad SMARTS) is 1. The number of nitrogens with one attached hydrogen (secondary N) is 2. The van der Waals surface area contributed by atoms with E-state index < -0.39 is 11.4 Å². The van der Waals surface area contributed by atoms with E-state index in [9.17, 15) is 14.7 Å². The van der Waals surface area contributed by atoms with Gasteiger partial charge in [-0.15, -0.1) is 0 Å². The molecule has 0 atom stereocenters. The summed E-state index contributed by atoms with van der Waals surface area (Å²) in [5.74, 6) is -0.821. The number of aliphatic carboxylic acids is 1. The first kappa shape index (κ1) is 15.8. The number of benzene rings is 1. The fraction of sp³-hybridized carbons (Fsp3) is 0.467. The van der Waals surface area contributed by atoms with Gasteiger partial charge in [0.1, 0.15) is 0 Å². The molecule has 0 saturated heterocycles. The molecule has 21 heavy (non-hydrogen) atoms. The van der Waals surface area contributed by atoms with E-state index in [0.717, 1.165) is 22.9 Å². The Hall–Kier alpha value is -1.56. The molecule has 2 amide bonds. The van der Waals surface area contributed by atoms with Crippen LogP contribution in [0.15, 0.2) is 22.7 Å². The first-order valence-electron chi connectivity index (χ1n) is 6.97. The summed E-state index contributed by atoms with van der Waals surface area (Å²) in [7, 11) is 0. The quantitative estimate of drug-likeness (QED) is 0.773. The Balaban J connectivity index is 1.92. The molecule has 5 nitrogen and oxygen atoms in total. The van der Waals surface area contributed by atoms with E-state index in [1.807, 2.05) is 25.1 Å². The molecular formula is C15H19BrN2O3. The zero-order valence-corrected chi connectivity index (χ0v) is 13.5. The number of rotatable bonds is 4. The number of amides is 2. The molecule has 1 fully saturated rings. The van der Waals surface area contributed by atoms with E-state index >= 15 is 0 Å². The van der Waals surface area contributed by atoms with Crippen molar-refractivity contribution in [1.29, 1.82) is 0 Å². The SMILES string of the molecule is Cc1ccc(NC(=O)NCC2(C(=O)O)CCCC2)cc1Br. The highest BCUT2D eigenvalue weighted by molar-refractivity contribution is 9.10. The van der Waals surface area contributed by atoms with Gasteiger partial charge in [-0.3, -0.25) is 4.79 Å². The van der Waals surface area contributed by atoms with Gasteiger partial charge in [0.2, 0.25) is 0 Å². The largest absolute Gasteiger partial charge is 0.481 e. The molecule has 0 heterocycles. The minimum absolute atomic E-state index is 0.168. The Labute approximate surface area is 132 Å². The van der Waals surface area contributed by atoms with Crippen molar-refractivity contribution in [3.8, 4) is 0 Å². The van der Waals surface area contributed by atoms with Gasteiger partial charge in [-0.05, 0) is 37.5 Å². The van der Waals surface area contributed by atoms with E-state index in [0.29, 0.717) is 18.5 Å². The fourth-order valence-electron chi connectivity index (χ4n) is 2.61. The van der Waals surface area contributed by atoms with Gasteiger partial charge in [0.15, 0.2) is 0 Å². The first-order valence-corrected chi connectivity index (χ1v) is 7.77. The average Bonchev–Trinajstić information content (AvgIpc) is 2.91. The highest BCUT2D eigenvalue weighted by Gasteiger charge is 2.41. The van der Waals surface area contributed by atoms with Gasteiger partial charge in [-0.1, -0.05) is 34.8 Å². The van der Waals surface area contributed by atoms with Crippen LogP contribution in [0.4, 0.5) is 10.5 Å². The number of carbonyl (C=O) groups excluding carboxylic acids is 1. The lowest BCUT2D eigenvalue weighted by molar-refractivity contribution is -0.148. The van der Waals surface area contributed by atoms with Crippen LogP contribution in [0, 0.1) is 12.3 Å². The van der Waals surface area contributed by atoms with Crippen LogP contribution in [-0.4, -0.2) is 23.7 Å². The maximum Gasteiger partial charge on any atom is 0.319 e. The number of carbonyl (C=O) groups is 2. The zero-order chi connectivity index (χ0) is 15.5. The van der Waals surface area contributed by atoms with Crippen LogP contribution < -0.4 is 10.6 Å². The van der Waals surface area contributed by atoms with Crippen molar-refractivity contribution in [3.63, 3.8) is 0 Å². The summed E-state index contributed by atoms with van der Waals surface area (Å²) in [6.07, 6.45) is 3.05. The molecule has 1 aliphatic rings. The molecule has 0 aliphatic heterocycles. The van der Waals surface area contributed by atoms with Crippen LogP contribution in [0.5, 0.6) is 0 Å². The van der Waals surface area contributed by atoms with Crippen LogP contribution in [-0.2, 0) is 4.79 Å². The number of anilines is 1. The van der Waals surface area contributed by atoms with Crippen molar-refractivity contribution in [3.05, 3.63) is 28.2 Å².